The summed E-state index contributed by atoms with van der Waals surface area (Å²) in [5, 5.41) is 11.0. The monoisotopic (exact) mass is 372 g/mol. The molecule has 0 unspecified atom stereocenters. The van der Waals surface area contributed by atoms with Gasteiger partial charge in [0.05, 0.1) is 10.8 Å². The van der Waals surface area contributed by atoms with E-state index in [0.29, 0.717) is 24.9 Å². The zero-order chi connectivity index (χ0) is 19.5. The first kappa shape index (κ1) is 20.2. The van der Waals surface area contributed by atoms with Crippen LogP contribution in [0.25, 0.3) is 0 Å². The van der Waals surface area contributed by atoms with Crippen LogP contribution in [-0.2, 0) is 0 Å². The molecule has 2 rings (SSSR count). The molecule has 0 saturated heterocycles. The van der Waals surface area contributed by atoms with Gasteiger partial charge < -0.3 is 4.90 Å². The molecule has 1 aliphatic carbocycles. The molecule has 0 aromatic heterocycles. The molecule has 144 valence electrons. The lowest BCUT2D eigenvalue weighted by atomic mass is 9.79. The van der Waals surface area contributed by atoms with E-state index in [-0.39, 0.29) is 42.2 Å². The third-order valence-electron chi connectivity index (χ3n) is 5.06. The zero-order valence-electron chi connectivity index (χ0n) is 14.9. The number of benzene rings is 1. The lowest BCUT2D eigenvalue weighted by molar-refractivity contribution is -0.384. The zero-order valence-corrected chi connectivity index (χ0v) is 14.9. The van der Waals surface area contributed by atoms with Crippen LogP contribution in [0.4, 0.5) is 24.5 Å². The fraction of sp³-hybridized carbons (Fsp3) is 0.611. The van der Waals surface area contributed by atoms with Crippen LogP contribution in [0.15, 0.2) is 18.2 Å². The van der Waals surface area contributed by atoms with Crippen LogP contribution in [0.1, 0.15) is 48.9 Å². The summed E-state index contributed by atoms with van der Waals surface area (Å²) >= 11 is 0. The Bertz CT molecular complexity index is 666. The third kappa shape index (κ3) is 4.95. The second-order valence-electron chi connectivity index (χ2n) is 7.07. The number of hydrogen-bond donors (Lipinski definition) is 0. The van der Waals surface area contributed by atoms with Gasteiger partial charge in [-0.25, -0.2) is 0 Å². The van der Waals surface area contributed by atoms with Crippen molar-refractivity contribution in [2.45, 2.75) is 44.7 Å². The minimum absolute atomic E-state index is 0.0963. The number of hydrogen-bond acceptors (Lipinski definition) is 4. The Morgan fingerprint density at radius 1 is 1.23 bits per heavy atom. The summed E-state index contributed by atoms with van der Waals surface area (Å²) in [4.78, 5) is 24.7. The molecule has 5 nitrogen and oxygen atoms in total. The van der Waals surface area contributed by atoms with Crippen molar-refractivity contribution in [1.82, 2.24) is 0 Å². The molecule has 0 heterocycles. The molecule has 0 amide bonds. The summed E-state index contributed by atoms with van der Waals surface area (Å²) in [6.45, 7) is 0. The summed E-state index contributed by atoms with van der Waals surface area (Å²) in [6, 6.07) is 4.17. The van der Waals surface area contributed by atoms with Crippen LogP contribution in [0, 0.1) is 22.0 Å². The molecular weight excluding hydrogens is 349 g/mol. The number of carbonyl (C=O) groups excluding carboxylic acids is 1. The Morgan fingerprint density at radius 2 is 1.85 bits per heavy atom. The largest absolute Gasteiger partial charge is 0.391 e. The molecule has 0 aliphatic heterocycles. The van der Waals surface area contributed by atoms with Gasteiger partial charge in [0.25, 0.3) is 5.69 Å². The number of nitrogens with zero attached hydrogens (tertiary/aromatic N) is 2. The number of Topliss-reactive ketones (excluding diaryl/α,β-unsaturated/α-hetero) is 1. The van der Waals surface area contributed by atoms with E-state index in [0.717, 1.165) is 0 Å². The lowest BCUT2D eigenvalue weighted by Crippen LogP contribution is -2.27. The Morgan fingerprint density at radius 3 is 2.35 bits per heavy atom. The summed E-state index contributed by atoms with van der Waals surface area (Å²) < 4.78 is 38.1. The maximum atomic E-state index is 12.7. The second kappa shape index (κ2) is 8.05. The summed E-state index contributed by atoms with van der Waals surface area (Å²) in [5.74, 6) is -1.35. The van der Waals surface area contributed by atoms with Crippen LogP contribution >= 0.6 is 0 Å². The van der Waals surface area contributed by atoms with Gasteiger partial charge in [0.15, 0.2) is 5.78 Å². The molecule has 1 aromatic carbocycles. The molecule has 1 aromatic rings. The SMILES string of the molecule is CN(C)c1ccc([N+](=O)[O-])cc1C(=O)CCC1CCC(C(F)(F)F)CC1. The number of nitro groups is 1. The van der Waals surface area contributed by atoms with Gasteiger partial charge in [-0.15, -0.1) is 0 Å². The number of anilines is 1. The van der Waals surface area contributed by atoms with E-state index >= 15 is 0 Å². The Balaban J connectivity index is 2.00. The topological polar surface area (TPSA) is 63.4 Å². The summed E-state index contributed by atoms with van der Waals surface area (Å²) in [5.41, 5.74) is 0.735. The Kier molecular flexibility index (Phi) is 6.26. The van der Waals surface area contributed by atoms with Gasteiger partial charge >= 0.3 is 6.18 Å². The molecule has 0 N–H and O–H groups in total. The maximum Gasteiger partial charge on any atom is 0.391 e. The third-order valence-corrected chi connectivity index (χ3v) is 5.06. The van der Waals surface area contributed by atoms with Crippen LogP contribution < -0.4 is 4.90 Å². The molecule has 8 heteroatoms. The molecule has 1 fully saturated rings. The molecule has 26 heavy (non-hydrogen) atoms. The average molecular weight is 372 g/mol. The van der Waals surface area contributed by atoms with Crippen LogP contribution in [-0.4, -0.2) is 31.0 Å². The van der Waals surface area contributed by atoms with E-state index < -0.39 is 17.0 Å². The van der Waals surface area contributed by atoms with E-state index in [1.165, 1.54) is 12.1 Å². The van der Waals surface area contributed by atoms with Crippen molar-refractivity contribution in [3.8, 4) is 0 Å². The summed E-state index contributed by atoms with van der Waals surface area (Å²) in [7, 11) is 3.49. The van der Waals surface area contributed by atoms with Crippen molar-refractivity contribution < 1.29 is 22.9 Å². The number of carbonyl (C=O) groups is 1. The molecule has 0 atom stereocenters. The summed E-state index contributed by atoms with van der Waals surface area (Å²) in [6.07, 6.45) is -2.28. The van der Waals surface area contributed by atoms with Gasteiger partial charge in [-0.1, -0.05) is 0 Å². The number of halogens is 3. The van der Waals surface area contributed by atoms with Crippen LogP contribution in [0.3, 0.4) is 0 Å². The predicted molar refractivity (Wildman–Crippen MR) is 92.5 cm³/mol. The number of rotatable bonds is 6. The molecule has 0 spiro atoms. The van der Waals surface area contributed by atoms with Crippen molar-refractivity contribution in [2.75, 3.05) is 19.0 Å². The number of non-ortho nitro benzene ring substituents is 1. The van der Waals surface area contributed by atoms with Crippen LogP contribution in [0.5, 0.6) is 0 Å². The van der Waals surface area contributed by atoms with Crippen molar-refractivity contribution >= 4 is 17.2 Å². The first-order valence-corrected chi connectivity index (χ1v) is 8.65. The highest BCUT2D eigenvalue weighted by Gasteiger charge is 2.41. The van der Waals surface area contributed by atoms with Gasteiger partial charge in [-0.2, -0.15) is 13.2 Å². The predicted octanol–water partition coefficient (Wildman–Crippen LogP) is 4.99. The Hall–Kier alpha value is -2.12. The van der Waals surface area contributed by atoms with Crippen molar-refractivity contribution in [1.29, 1.82) is 0 Å². The second-order valence-corrected chi connectivity index (χ2v) is 7.07. The van der Waals surface area contributed by atoms with Gasteiger partial charge in [0.1, 0.15) is 0 Å². The number of nitro benzene ring substituents is 1. The van der Waals surface area contributed by atoms with E-state index in [1.54, 1.807) is 25.1 Å². The minimum atomic E-state index is -4.13. The highest BCUT2D eigenvalue weighted by atomic mass is 19.4. The van der Waals surface area contributed by atoms with Gasteiger partial charge in [-0.3, -0.25) is 14.9 Å². The van der Waals surface area contributed by atoms with Crippen LogP contribution in [0.2, 0.25) is 0 Å². The van der Waals surface area contributed by atoms with E-state index in [4.69, 9.17) is 0 Å². The van der Waals surface area contributed by atoms with Crippen molar-refractivity contribution in [3.05, 3.63) is 33.9 Å². The molecular formula is C18H23F3N2O3. The lowest BCUT2D eigenvalue weighted by Gasteiger charge is -2.29. The first-order valence-electron chi connectivity index (χ1n) is 8.65. The number of ketones is 1. The van der Waals surface area contributed by atoms with E-state index in [2.05, 4.69) is 0 Å². The van der Waals surface area contributed by atoms with E-state index in [9.17, 15) is 28.1 Å². The van der Waals surface area contributed by atoms with Crippen molar-refractivity contribution in [3.63, 3.8) is 0 Å². The molecule has 1 saturated carbocycles. The average Bonchev–Trinajstić information content (AvgIpc) is 2.58. The smallest absolute Gasteiger partial charge is 0.377 e. The highest BCUT2D eigenvalue weighted by Crippen LogP contribution is 2.40. The van der Waals surface area contributed by atoms with E-state index in [1.807, 2.05) is 0 Å². The number of alkyl halides is 3. The molecule has 0 radical (unpaired) electrons. The van der Waals surface area contributed by atoms with Crippen molar-refractivity contribution in [2.24, 2.45) is 11.8 Å². The standard InChI is InChI=1S/C18H23F3N2O3/c1-22(2)16-9-8-14(23(25)26)11-15(16)17(24)10-5-12-3-6-13(7-4-12)18(19,20)21/h8-9,11-13H,3-7,10H2,1-2H3. The molecule has 1 aliphatic rings. The Labute approximate surface area is 150 Å². The van der Waals surface area contributed by atoms with Gasteiger partial charge in [-0.05, 0) is 44.1 Å². The first-order chi connectivity index (χ1) is 12.1. The maximum absolute atomic E-state index is 12.7. The molecule has 0 bridgehead atoms. The fourth-order valence-corrected chi connectivity index (χ4v) is 3.50. The quantitative estimate of drug-likeness (QED) is 0.401. The van der Waals surface area contributed by atoms with Gasteiger partial charge in [0, 0.05) is 43.9 Å². The fourth-order valence-electron chi connectivity index (χ4n) is 3.50. The minimum Gasteiger partial charge on any atom is -0.377 e. The normalized spacial score (nSPS) is 20.7. The highest BCUT2D eigenvalue weighted by molar-refractivity contribution is 6.02. The van der Waals surface area contributed by atoms with Gasteiger partial charge in [0.2, 0.25) is 0 Å².